The molecule has 0 bridgehead atoms. The van der Waals surface area contributed by atoms with Gasteiger partial charge in [0.25, 0.3) is 0 Å². The lowest BCUT2D eigenvalue weighted by atomic mass is 10.0. The van der Waals surface area contributed by atoms with Crippen molar-refractivity contribution in [2.45, 2.75) is 43.0 Å². The van der Waals surface area contributed by atoms with Crippen LogP contribution in [0.5, 0.6) is 0 Å². The molecule has 6 nitrogen and oxygen atoms in total. The topological polar surface area (TPSA) is 60.9 Å². The summed E-state index contributed by atoms with van der Waals surface area (Å²) in [5.41, 5.74) is 4.08. The molecule has 1 aliphatic heterocycles. The monoisotopic (exact) mass is 528 g/mol. The Labute approximate surface area is 218 Å². The van der Waals surface area contributed by atoms with Crippen molar-refractivity contribution in [3.05, 3.63) is 60.3 Å². The predicted octanol–water partition coefficient (Wildman–Crippen LogP) is 6.43. The largest absolute Gasteiger partial charge is 0.406 e. The first-order valence-corrected chi connectivity index (χ1v) is 13.6. The number of halogens is 3. The number of aromatic nitrogens is 3. The number of anilines is 2. The van der Waals surface area contributed by atoms with Gasteiger partial charge < -0.3 is 20.1 Å². The Hall–Kier alpha value is -3.11. The maximum absolute atomic E-state index is 13.6. The molecule has 2 aromatic carbocycles. The summed E-state index contributed by atoms with van der Waals surface area (Å²) >= 11 is 1.68. The molecule has 0 aliphatic carbocycles. The van der Waals surface area contributed by atoms with Crippen LogP contribution < -0.4 is 10.6 Å². The van der Waals surface area contributed by atoms with Crippen LogP contribution in [0.25, 0.3) is 22.3 Å². The van der Waals surface area contributed by atoms with Gasteiger partial charge in [-0.15, -0.1) is 11.8 Å². The van der Waals surface area contributed by atoms with Crippen LogP contribution in [0, 0.1) is 0 Å². The van der Waals surface area contributed by atoms with E-state index in [-0.39, 0.29) is 0 Å². The predicted molar refractivity (Wildman–Crippen MR) is 145 cm³/mol. The molecule has 0 saturated carbocycles. The molecule has 4 aromatic rings. The molecule has 1 fully saturated rings. The summed E-state index contributed by atoms with van der Waals surface area (Å²) in [6.45, 7) is 1.40. The van der Waals surface area contributed by atoms with Crippen LogP contribution in [-0.2, 0) is 13.1 Å². The fraction of sp³-hybridized carbons (Fsp3) is 0.370. The first kappa shape index (κ1) is 25.5. The molecule has 0 radical (unpaired) electrons. The van der Waals surface area contributed by atoms with Gasteiger partial charge in [-0.05, 0) is 87.8 Å². The Morgan fingerprint density at radius 3 is 2.54 bits per heavy atom. The van der Waals surface area contributed by atoms with Crippen molar-refractivity contribution >= 4 is 34.0 Å². The van der Waals surface area contributed by atoms with Crippen molar-refractivity contribution in [1.29, 1.82) is 0 Å². The molecule has 5 rings (SSSR count). The molecule has 10 heteroatoms. The highest BCUT2D eigenvalue weighted by Crippen LogP contribution is 2.35. The minimum Gasteiger partial charge on any atom is -0.382 e. The van der Waals surface area contributed by atoms with Gasteiger partial charge in [-0.2, -0.15) is 18.3 Å². The van der Waals surface area contributed by atoms with E-state index in [1.807, 2.05) is 54.8 Å². The van der Waals surface area contributed by atoms with Gasteiger partial charge in [0.05, 0.1) is 23.4 Å². The van der Waals surface area contributed by atoms with E-state index in [9.17, 15) is 13.2 Å². The Balaban J connectivity index is 1.42. The maximum Gasteiger partial charge on any atom is 0.406 e. The fourth-order valence-electron chi connectivity index (χ4n) is 4.83. The molecule has 0 spiro atoms. The first-order chi connectivity index (χ1) is 17.8. The molecule has 0 unspecified atom stereocenters. The molecular weight excluding hydrogens is 497 g/mol. The summed E-state index contributed by atoms with van der Waals surface area (Å²) in [6.07, 6.45) is -0.334. The first-order valence-electron chi connectivity index (χ1n) is 12.4. The zero-order chi connectivity index (χ0) is 26.0. The number of benzene rings is 2. The Kier molecular flexibility index (Phi) is 7.39. The number of likely N-dealkylation sites (tertiary alicyclic amines) is 1. The molecule has 196 valence electrons. The van der Waals surface area contributed by atoms with E-state index in [1.165, 1.54) is 9.46 Å². The highest BCUT2D eigenvalue weighted by molar-refractivity contribution is 7.98. The molecular formula is C27H31F3N6S. The summed E-state index contributed by atoms with van der Waals surface area (Å²) < 4.78 is 42.2. The van der Waals surface area contributed by atoms with Crippen molar-refractivity contribution in [2.75, 3.05) is 37.0 Å². The second-order valence-corrected chi connectivity index (χ2v) is 10.4. The number of aromatic amines is 1. The van der Waals surface area contributed by atoms with Gasteiger partial charge in [0.2, 0.25) is 0 Å². The van der Waals surface area contributed by atoms with Gasteiger partial charge in [-0.25, -0.2) is 0 Å². The average molecular weight is 529 g/mol. The van der Waals surface area contributed by atoms with Gasteiger partial charge in [0.1, 0.15) is 12.2 Å². The average Bonchev–Trinajstić information content (AvgIpc) is 3.49. The van der Waals surface area contributed by atoms with Crippen molar-refractivity contribution in [2.24, 2.45) is 0 Å². The summed E-state index contributed by atoms with van der Waals surface area (Å²) in [4.78, 5) is 3.47. The number of thioether (sulfide) groups is 1. The molecule has 1 aliphatic rings. The summed E-state index contributed by atoms with van der Waals surface area (Å²) in [5, 5.41) is 15.1. The van der Waals surface area contributed by atoms with E-state index < -0.39 is 12.7 Å². The minimum atomic E-state index is -4.36. The minimum absolute atomic E-state index is 0.296. The van der Waals surface area contributed by atoms with Crippen LogP contribution in [0.3, 0.4) is 0 Å². The van der Waals surface area contributed by atoms with Crippen LogP contribution in [-0.4, -0.2) is 58.3 Å². The van der Waals surface area contributed by atoms with Crippen LogP contribution in [0.1, 0.15) is 18.5 Å². The molecule has 3 N–H and O–H groups in total. The Morgan fingerprint density at radius 2 is 1.84 bits per heavy atom. The van der Waals surface area contributed by atoms with Gasteiger partial charge in [0.15, 0.2) is 0 Å². The highest BCUT2D eigenvalue weighted by Gasteiger charge is 2.31. The Morgan fingerprint density at radius 1 is 1.08 bits per heavy atom. The summed E-state index contributed by atoms with van der Waals surface area (Å²) in [5.74, 6) is 0. The highest BCUT2D eigenvalue weighted by atomic mass is 32.2. The van der Waals surface area contributed by atoms with Gasteiger partial charge in [-0.1, -0.05) is 6.07 Å². The van der Waals surface area contributed by atoms with Crippen LogP contribution in [0.4, 0.5) is 24.5 Å². The summed E-state index contributed by atoms with van der Waals surface area (Å²) in [6, 6.07) is 17.5. The molecule has 37 heavy (non-hydrogen) atoms. The number of nitrogens with one attached hydrogen (secondary N) is 3. The van der Waals surface area contributed by atoms with Crippen molar-refractivity contribution in [1.82, 2.24) is 19.7 Å². The van der Waals surface area contributed by atoms with Gasteiger partial charge >= 0.3 is 6.18 Å². The SMILES string of the molecule is CSc1ccc(NCc2cc(-c3cc4c(NC5CCN(C)CC5)cccc4n3CC(F)(F)F)n[nH]2)cc1. The third-order valence-electron chi connectivity index (χ3n) is 6.83. The van der Waals surface area contributed by atoms with E-state index in [1.54, 1.807) is 17.8 Å². The van der Waals surface area contributed by atoms with Crippen LogP contribution >= 0.6 is 11.8 Å². The van der Waals surface area contributed by atoms with E-state index in [0.717, 1.165) is 48.4 Å². The number of rotatable bonds is 8. The number of H-pyrrole nitrogens is 1. The second kappa shape index (κ2) is 10.7. The van der Waals surface area contributed by atoms with Crippen LogP contribution in [0.15, 0.2) is 59.5 Å². The number of nitrogens with zero attached hydrogens (tertiary/aromatic N) is 3. The lowest BCUT2D eigenvalue weighted by Gasteiger charge is -2.30. The van der Waals surface area contributed by atoms with E-state index in [0.29, 0.717) is 29.5 Å². The zero-order valence-electron chi connectivity index (χ0n) is 20.9. The van der Waals surface area contributed by atoms with E-state index in [2.05, 4.69) is 32.8 Å². The maximum atomic E-state index is 13.6. The van der Waals surface area contributed by atoms with Crippen molar-refractivity contribution < 1.29 is 13.2 Å². The van der Waals surface area contributed by atoms with Gasteiger partial charge in [-0.3, -0.25) is 5.10 Å². The third kappa shape index (κ3) is 6.07. The number of alkyl halides is 3. The number of fused-ring (bicyclic) bond motifs is 1. The second-order valence-electron chi connectivity index (χ2n) is 9.55. The third-order valence-corrected chi connectivity index (χ3v) is 7.57. The lowest BCUT2D eigenvalue weighted by Crippen LogP contribution is -2.36. The molecule has 0 amide bonds. The Bertz CT molecular complexity index is 1340. The molecule has 2 aromatic heterocycles. The number of hydrogen-bond donors (Lipinski definition) is 3. The van der Waals surface area contributed by atoms with Crippen molar-refractivity contribution in [3.8, 4) is 11.4 Å². The molecule has 1 saturated heterocycles. The summed E-state index contributed by atoms with van der Waals surface area (Å²) in [7, 11) is 2.11. The quantitative estimate of drug-likeness (QED) is 0.230. The lowest BCUT2D eigenvalue weighted by molar-refractivity contribution is -0.139. The van der Waals surface area contributed by atoms with Gasteiger partial charge in [0, 0.05) is 27.7 Å². The molecule has 3 heterocycles. The zero-order valence-corrected chi connectivity index (χ0v) is 21.7. The normalized spacial score (nSPS) is 15.4. The molecule has 0 atom stereocenters. The number of hydrogen-bond acceptors (Lipinski definition) is 5. The standard InChI is InChI=1S/C27H31F3N6S/c1-35-12-10-19(11-13-35)32-23-4-3-5-25-22(23)15-26(36(25)17-27(28,29)30)24-14-20(33-34-24)16-31-18-6-8-21(37-2)9-7-18/h3-9,14-15,19,31-32H,10-13,16-17H2,1-2H3,(H,33,34). The fourth-order valence-corrected chi connectivity index (χ4v) is 5.24. The smallest absolute Gasteiger partial charge is 0.382 e. The van der Waals surface area contributed by atoms with Crippen LogP contribution in [0.2, 0.25) is 0 Å². The van der Waals surface area contributed by atoms with Crippen molar-refractivity contribution in [3.63, 3.8) is 0 Å². The number of piperidine rings is 1. The van der Waals surface area contributed by atoms with E-state index in [4.69, 9.17) is 0 Å². The van der Waals surface area contributed by atoms with E-state index >= 15 is 0 Å².